The smallest absolute Gasteiger partial charge is 0.325 e. The fourth-order valence-electron chi connectivity index (χ4n) is 2.21. The minimum absolute atomic E-state index is 0.0515. The van der Waals surface area contributed by atoms with E-state index in [0.717, 1.165) is 0 Å². The van der Waals surface area contributed by atoms with Crippen LogP contribution >= 0.6 is 0 Å². The fraction of sp³-hybridized carbons (Fsp3) is 0.615. The van der Waals surface area contributed by atoms with Gasteiger partial charge in [-0.05, 0) is 39.0 Å². The number of H-pyrrole nitrogens is 2. The van der Waals surface area contributed by atoms with Gasteiger partial charge in [0.25, 0.3) is 5.56 Å². The SMILES string of the molecule is Cc1[nH]c(=O)[nH]c(=O)c1CCC(=O)N[C@H](C)C1CC1. The van der Waals surface area contributed by atoms with Gasteiger partial charge in [0.1, 0.15) is 0 Å². The Balaban J connectivity index is 1.93. The molecule has 0 saturated heterocycles. The van der Waals surface area contributed by atoms with Gasteiger partial charge in [0.05, 0.1) is 0 Å². The topological polar surface area (TPSA) is 94.8 Å². The van der Waals surface area contributed by atoms with Gasteiger partial charge in [-0.15, -0.1) is 0 Å². The number of aromatic nitrogens is 2. The highest BCUT2D eigenvalue weighted by Crippen LogP contribution is 2.32. The Morgan fingerprint density at radius 2 is 2.05 bits per heavy atom. The number of aromatic amines is 2. The van der Waals surface area contributed by atoms with Gasteiger partial charge in [0, 0.05) is 23.7 Å². The fourth-order valence-corrected chi connectivity index (χ4v) is 2.21. The third-order valence-electron chi connectivity index (χ3n) is 3.57. The van der Waals surface area contributed by atoms with Crippen LogP contribution in [0.1, 0.15) is 37.4 Å². The number of nitrogens with one attached hydrogen (secondary N) is 3. The van der Waals surface area contributed by atoms with Crippen molar-refractivity contribution >= 4 is 5.91 Å². The Kier molecular flexibility index (Phi) is 3.87. The van der Waals surface area contributed by atoms with Gasteiger partial charge in [0.2, 0.25) is 5.91 Å². The molecule has 0 bridgehead atoms. The summed E-state index contributed by atoms with van der Waals surface area (Å²) in [6.45, 7) is 3.67. The Hall–Kier alpha value is -1.85. The third-order valence-corrected chi connectivity index (χ3v) is 3.57. The van der Waals surface area contributed by atoms with Crippen LogP contribution < -0.4 is 16.6 Å². The van der Waals surface area contributed by atoms with Crippen molar-refractivity contribution in [1.82, 2.24) is 15.3 Å². The van der Waals surface area contributed by atoms with Gasteiger partial charge in [-0.25, -0.2) is 4.79 Å². The first-order valence-electron chi connectivity index (χ1n) is 6.59. The Bertz CT molecular complexity index is 584. The van der Waals surface area contributed by atoms with E-state index in [4.69, 9.17) is 0 Å². The lowest BCUT2D eigenvalue weighted by atomic mass is 10.1. The molecule has 1 aliphatic carbocycles. The van der Waals surface area contributed by atoms with E-state index in [1.54, 1.807) is 6.92 Å². The van der Waals surface area contributed by atoms with Crippen LogP contribution in [0.4, 0.5) is 0 Å². The van der Waals surface area contributed by atoms with Gasteiger partial charge in [-0.1, -0.05) is 0 Å². The zero-order valence-electron chi connectivity index (χ0n) is 11.2. The molecule has 2 rings (SSSR count). The predicted octanol–water partition coefficient (Wildman–Crippen LogP) is 0.219. The summed E-state index contributed by atoms with van der Waals surface area (Å²) >= 11 is 0. The number of hydrogen-bond acceptors (Lipinski definition) is 3. The molecule has 6 heteroatoms. The molecule has 1 aromatic heterocycles. The van der Waals surface area contributed by atoms with E-state index in [9.17, 15) is 14.4 Å². The first-order chi connectivity index (χ1) is 8.97. The molecule has 0 spiro atoms. The van der Waals surface area contributed by atoms with Crippen LogP contribution in [0.15, 0.2) is 9.59 Å². The first-order valence-corrected chi connectivity index (χ1v) is 6.59. The normalized spacial score (nSPS) is 16.1. The summed E-state index contributed by atoms with van der Waals surface area (Å²) in [5.41, 5.74) is 0.0629. The lowest BCUT2D eigenvalue weighted by molar-refractivity contribution is -0.121. The minimum Gasteiger partial charge on any atom is -0.353 e. The molecule has 6 nitrogen and oxygen atoms in total. The summed E-state index contributed by atoms with van der Waals surface area (Å²) in [6, 6.07) is 0.211. The molecule has 19 heavy (non-hydrogen) atoms. The van der Waals surface area contributed by atoms with Crippen molar-refractivity contribution in [2.45, 2.75) is 45.6 Å². The molecule has 1 fully saturated rings. The molecule has 0 aliphatic heterocycles. The lowest BCUT2D eigenvalue weighted by Gasteiger charge is -2.12. The van der Waals surface area contributed by atoms with E-state index in [0.29, 0.717) is 23.6 Å². The first kappa shape index (κ1) is 13.6. The molecule has 1 heterocycles. The second-order valence-corrected chi connectivity index (χ2v) is 5.21. The monoisotopic (exact) mass is 265 g/mol. The van der Waals surface area contributed by atoms with Crippen LogP contribution in [0.2, 0.25) is 0 Å². The van der Waals surface area contributed by atoms with E-state index >= 15 is 0 Å². The molecule has 3 N–H and O–H groups in total. The van der Waals surface area contributed by atoms with Crippen molar-refractivity contribution in [1.29, 1.82) is 0 Å². The molecule has 104 valence electrons. The summed E-state index contributed by atoms with van der Waals surface area (Å²) in [5, 5.41) is 2.94. The maximum Gasteiger partial charge on any atom is 0.325 e. The van der Waals surface area contributed by atoms with Crippen LogP contribution in [-0.4, -0.2) is 21.9 Å². The maximum atomic E-state index is 11.8. The number of aryl methyl sites for hydroxylation is 1. The van der Waals surface area contributed by atoms with Gasteiger partial charge in [-0.3, -0.25) is 14.6 Å². The summed E-state index contributed by atoms with van der Waals surface area (Å²) in [6.07, 6.45) is 2.95. The predicted molar refractivity (Wildman–Crippen MR) is 71.1 cm³/mol. The number of carbonyl (C=O) groups excluding carboxylic acids is 1. The third kappa shape index (κ3) is 3.56. The summed E-state index contributed by atoms with van der Waals surface area (Å²) in [4.78, 5) is 39.1. The van der Waals surface area contributed by atoms with Crippen molar-refractivity contribution in [2.75, 3.05) is 0 Å². The Morgan fingerprint density at radius 3 is 2.63 bits per heavy atom. The molecule has 0 unspecified atom stereocenters. The van der Waals surface area contributed by atoms with E-state index in [-0.39, 0.29) is 18.4 Å². The summed E-state index contributed by atoms with van der Waals surface area (Å²) < 4.78 is 0. The molecular formula is C13H19N3O3. The number of carbonyl (C=O) groups is 1. The van der Waals surface area contributed by atoms with Crippen LogP contribution in [0.3, 0.4) is 0 Å². The van der Waals surface area contributed by atoms with Crippen molar-refractivity contribution in [3.8, 4) is 0 Å². The van der Waals surface area contributed by atoms with E-state index < -0.39 is 11.2 Å². The molecule has 0 radical (unpaired) electrons. The van der Waals surface area contributed by atoms with Crippen molar-refractivity contribution in [2.24, 2.45) is 5.92 Å². The van der Waals surface area contributed by atoms with Crippen LogP contribution in [0.25, 0.3) is 0 Å². The molecule has 1 aromatic rings. The van der Waals surface area contributed by atoms with Crippen molar-refractivity contribution < 1.29 is 4.79 Å². The molecule has 0 aromatic carbocycles. The van der Waals surface area contributed by atoms with Crippen LogP contribution in [-0.2, 0) is 11.2 Å². The van der Waals surface area contributed by atoms with Crippen LogP contribution in [0, 0.1) is 12.8 Å². The molecule has 1 atom stereocenters. The number of hydrogen-bond donors (Lipinski definition) is 3. The molecule has 1 aliphatic rings. The van der Waals surface area contributed by atoms with E-state index in [1.165, 1.54) is 12.8 Å². The summed E-state index contributed by atoms with van der Waals surface area (Å²) in [7, 11) is 0. The lowest BCUT2D eigenvalue weighted by Crippen LogP contribution is -2.35. The molecule has 1 amide bonds. The largest absolute Gasteiger partial charge is 0.353 e. The standard InChI is InChI=1S/C13H19N3O3/c1-7(9-3-4-9)14-11(17)6-5-10-8(2)15-13(19)16-12(10)18/h7,9H,3-6H2,1-2H3,(H,14,17)(H2,15,16,18,19)/t7-/m1/s1. The molecule has 1 saturated carbocycles. The number of rotatable bonds is 5. The van der Waals surface area contributed by atoms with E-state index in [1.807, 2.05) is 6.92 Å². The highest BCUT2D eigenvalue weighted by atomic mass is 16.2. The van der Waals surface area contributed by atoms with E-state index in [2.05, 4.69) is 15.3 Å². The second-order valence-electron chi connectivity index (χ2n) is 5.21. The van der Waals surface area contributed by atoms with Crippen molar-refractivity contribution in [3.63, 3.8) is 0 Å². The molecular weight excluding hydrogens is 246 g/mol. The second kappa shape index (κ2) is 5.42. The van der Waals surface area contributed by atoms with Gasteiger partial charge >= 0.3 is 5.69 Å². The van der Waals surface area contributed by atoms with Gasteiger partial charge in [-0.2, -0.15) is 0 Å². The average Bonchev–Trinajstić information content (AvgIpc) is 3.10. The highest BCUT2D eigenvalue weighted by molar-refractivity contribution is 5.76. The zero-order valence-corrected chi connectivity index (χ0v) is 11.2. The quantitative estimate of drug-likeness (QED) is 0.710. The summed E-state index contributed by atoms with van der Waals surface area (Å²) in [5.74, 6) is 0.562. The van der Waals surface area contributed by atoms with Crippen LogP contribution in [0.5, 0.6) is 0 Å². The highest BCUT2D eigenvalue weighted by Gasteiger charge is 2.28. The number of amides is 1. The Labute approximate surface area is 110 Å². The maximum absolute atomic E-state index is 11.8. The van der Waals surface area contributed by atoms with Crippen molar-refractivity contribution in [3.05, 3.63) is 32.1 Å². The minimum atomic E-state index is -0.516. The zero-order chi connectivity index (χ0) is 14.0. The average molecular weight is 265 g/mol. The van der Waals surface area contributed by atoms with Gasteiger partial charge in [0.15, 0.2) is 0 Å². The Morgan fingerprint density at radius 1 is 1.37 bits per heavy atom. The van der Waals surface area contributed by atoms with Gasteiger partial charge < -0.3 is 10.3 Å².